The fraction of sp³-hybridized carbons (Fsp3) is 0.417. The molecule has 0 spiro atoms. The predicted molar refractivity (Wildman–Crippen MR) is 66.1 cm³/mol. The second-order valence-corrected chi connectivity index (χ2v) is 4.21. The number of nitrogens with one attached hydrogen (secondary N) is 1. The highest BCUT2D eigenvalue weighted by Gasteiger charge is 2.06. The lowest BCUT2D eigenvalue weighted by atomic mass is 10.2. The summed E-state index contributed by atoms with van der Waals surface area (Å²) in [6, 6.07) is 7.28. The molecule has 1 atom stereocenters. The van der Waals surface area contributed by atoms with Crippen LogP contribution < -0.4 is 11.1 Å². The van der Waals surface area contributed by atoms with Gasteiger partial charge in [-0.3, -0.25) is 4.79 Å². The van der Waals surface area contributed by atoms with Crippen LogP contribution >= 0.6 is 0 Å². The molecule has 4 nitrogen and oxygen atoms in total. The summed E-state index contributed by atoms with van der Waals surface area (Å²) >= 11 is 0. The third kappa shape index (κ3) is 4.00. The minimum Gasteiger partial charge on any atom is -0.325 e. The Hall–Kier alpha value is -1.39. The highest BCUT2D eigenvalue weighted by atomic mass is 16.2. The van der Waals surface area contributed by atoms with Gasteiger partial charge in [0.15, 0.2) is 0 Å². The molecule has 0 heterocycles. The van der Waals surface area contributed by atoms with E-state index in [-0.39, 0.29) is 5.91 Å². The fourth-order valence-corrected chi connectivity index (χ4v) is 1.31. The number of anilines is 1. The molecule has 88 valence electrons. The van der Waals surface area contributed by atoms with E-state index in [4.69, 9.17) is 5.73 Å². The van der Waals surface area contributed by atoms with Crippen molar-refractivity contribution in [3.8, 4) is 0 Å². The van der Waals surface area contributed by atoms with Crippen LogP contribution in [0.15, 0.2) is 24.3 Å². The zero-order chi connectivity index (χ0) is 12.1. The topological polar surface area (TPSA) is 58.4 Å². The lowest BCUT2D eigenvalue weighted by Crippen LogP contribution is -2.32. The largest absolute Gasteiger partial charge is 0.325 e. The molecular formula is C12H19N3O. The Kier molecular flexibility index (Phi) is 4.46. The van der Waals surface area contributed by atoms with E-state index in [0.29, 0.717) is 0 Å². The van der Waals surface area contributed by atoms with Crippen LogP contribution in [0.5, 0.6) is 0 Å². The molecule has 0 aliphatic rings. The number of hydrogen-bond acceptors (Lipinski definition) is 3. The molecule has 16 heavy (non-hydrogen) atoms. The van der Waals surface area contributed by atoms with Crippen LogP contribution in [0.4, 0.5) is 5.69 Å². The van der Waals surface area contributed by atoms with Gasteiger partial charge in [0.25, 0.3) is 0 Å². The average Bonchev–Trinajstić information content (AvgIpc) is 2.20. The second kappa shape index (κ2) is 5.63. The van der Waals surface area contributed by atoms with Crippen LogP contribution in [0.2, 0.25) is 0 Å². The fourth-order valence-electron chi connectivity index (χ4n) is 1.31. The third-order valence-electron chi connectivity index (χ3n) is 2.13. The van der Waals surface area contributed by atoms with Crippen LogP contribution in [-0.4, -0.2) is 30.9 Å². The first-order valence-electron chi connectivity index (χ1n) is 5.29. The van der Waals surface area contributed by atoms with Gasteiger partial charge in [0.05, 0.1) is 6.04 Å². The lowest BCUT2D eigenvalue weighted by Gasteiger charge is -2.11. The van der Waals surface area contributed by atoms with Crippen molar-refractivity contribution < 1.29 is 4.79 Å². The maximum atomic E-state index is 11.3. The maximum absolute atomic E-state index is 11.3. The Morgan fingerprint density at radius 3 is 2.38 bits per heavy atom. The Balaban J connectivity index is 2.61. The summed E-state index contributed by atoms with van der Waals surface area (Å²) in [5, 5.41) is 2.74. The lowest BCUT2D eigenvalue weighted by molar-refractivity contribution is -0.117. The molecule has 0 aliphatic heterocycles. The minimum atomic E-state index is -0.485. The monoisotopic (exact) mass is 221 g/mol. The number of benzene rings is 1. The van der Waals surface area contributed by atoms with Gasteiger partial charge in [0, 0.05) is 12.2 Å². The van der Waals surface area contributed by atoms with E-state index >= 15 is 0 Å². The first kappa shape index (κ1) is 12.7. The number of amides is 1. The van der Waals surface area contributed by atoms with E-state index in [9.17, 15) is 4.79 Å². The maximum Gasteiger partial charge on any atom is 0.240 e. The second-order valence-electron chi connectivity index (χ2n) is 4.21. The minimum absolute atomic E-state index is 0.166. The molecule has 0 radical (unpaired) electrons. The molecule has 0 saturated heterocycles. The quantitative estimate of drug-likeness (QED) is 0.798. The van der Waals surface area contributed by atoms with Crippen molar-refractivity contribution in [1.82, 2.24) is 4.90 Å². The van der Waals surface area contributed by atoms with Gasteiger partial charge < -0.3 is 16.0 Å². The molecule has 0 fully saturated rings. The number of carbonyl (C=O) groups is 1. The molecular weight excluding hydrogens is 202 g/mol. The zero-order valence-electron chi connectivity index (χ0n) is 10.0. The van der Waals surface area contributed by atoms with Crippen LogP contribution in [0.3, 0.4) is 0 Å². The molecule has 0 bridgehead atoms. The van der Waals surface area contributed by atoms with Crippen molar-refractivity contribution in [1.29, 1.82) is 0 Å². The molecule has 1 rings (SSSR count). The summed E-state index contributed by atoms with van der Waals surface area (Å²) < 4.78 is 0. The van der Waals surface area contributed by atoms with Crippen LogP contribution in [0.1, 0.15) is 12.5 Å². The van der Waals surface area contributed by atoms with Crippen LogP contribution in [-0.2, 0) is 11.3 Å². The summed E-state index contributed by atoms with van der Waals surface area (Å²) in [5.74, 6) is -0.166. The standard InChI is InChI=1S/C12H19N3O/c1-9(13)12(16)14-11-6-4-10(5-7-11)8-15(2)3/h4-7,9H,8,13H2,1-3H3,(H,14,16)/t9-/m0/s1. The van der Waals surface area contributed by atoms with Gasteiger partial charge in [-0.05, 0) is 38.7 Å². The normalized spacial score (nSPS) is 12.6. The van der Waals surface area contributed by atoms with E-state index in [1.807, 2.05) is 38.4 Å². The Labute approximate surface area is 96.4 Å². The van der Waals surface area contributed by atoms with Gasteiger partial charge in [0.2, 0.25) is 5.91 Å². The van der Waals surface area contributed by atoms with E-state index < -0.39 is 6.04 Å². The molecule has 0 saturated carbocycles. The summed E-state index contributed by atoms with van der Waals surface area (Å²) in [6.07, 6.45) is 0. The van der Waals surface area contributed by atoms with Crippen molar-refractivity contribution in [2.75, 3.05) is 19.4 Å². The number of hydrogen-bond donors (Lipinski definition) is 2. The van der Waals surface area contributed by atoms with Crippen molar-refractivity contribution in [3.05, 3.63) is 29.8 Å². The van der Waals surface area contributed by atoms with Gasteiger partial charge in [-0.1, -0.05) is 12.1 Å². The third-order valence-corrected chi connectivity index (χ3v) is 2.13. The Morgan fingerprint density at radius 2 is 1.94 bits per heavy atom. The molecule has 0 unspecified atom stereocenters. The number of nitrogens with two attached hydrogens (primary N) is 1. The molecule has 1 aromatic rings. The van der Waals surface area contributed by atoms with E-state index in [1.165, 1.54) is 5.56 Å². The van der Waals surface area contributed by atoms with Crippen LogP contribution in [0, 0.1) is 0 Å². The summed E-state index contributed by atoms with van der Waals surface area (Å²) in [5.41, 5.74) is 7.45. The summed E-state index contributed by atoms with van der Waals surface area (Å²) in [7, 11) is 4.04. The molecule has 1 amide bonds. The van der Waals surface area contributed by atoms with E-state index in [0.717, 1.165) is 12.2 Å². The predicted octanol–water partition coefficient (Wildman–Crippen LogP) is 1.03. The highest BCUT2D eigenvalue weighted by molar-refractivity contribution is 5.94. The molecule has 3 N–H and O–H groups in total. The van der Waals surface area contributed by atoms with E-state index in [1.54, 1.807) is 6.92 Å². The molecule has 0 aromatic heterocycles. The highest BCUT2D eigenvalue weighted by Crippen LogP contribution is 2.10. The molecule has 0 aliphatic carbocycles. The molecule has 1 aromatic carbocycles. The average molecular weight is 221 g/mol. The number of nitrogens with zero attached hydrogens (tertiary/aromatic N) is 1. The van der Waals surface area contributed by atoms with Gasteiger partial charge in [-0.15, -0.1) is 0 Å². The summed E-state index contributed by atoms with van der Waals surface area (Å²) in [4.78, 5) is 13.4. The van der Waals surface area contributed by atoms with Crippen molar-refractivity contribution in [2.45, 2.75) is 19.5 Å². The van der Waals surface area contributed by atoms with Gasteiger partial charge in [0.1, 0.15) is 0 Å². The molecule has 4 heteroatoms. The van der Waals surface area contributed by atoms with Crippen molar-refractivity contribution >= 4 is 11.6 Å². The van der Waals surface area contributed by atoms with Gasteiger partial charge in [-0.25, -0.2) is 0 Å². The Morgan fingerprint density at radius 1 is 1.38 bits per heavy atom. The smallest absolute Gasteiger partial charge is 0.240 e. The van der Waals surface area contributed by atoms with Crippen LogP contribution in [0.25, 0.3) is 0 Å². The Bertz CT molecular complexity index is 344. The summed E-state index contributed by atoms with van der Waals surface area (Å²) in [6.45, 7) is 2.55. The van der Waals surface area contributed by atoms with E-state index in [2.05, 4.69) is 10.2 Å². The first-order chi connectivity index (χ1) is 7.49. The SMILES string of the molecule is C[C@H](N)C(=O)Nc1ccc(CN(C)C)cc1. The first-order valence-corrected chi connectivity index (χ1v) is 5.29. The zero-order valence-corrected chi connectivity index (χ0v) is 10.0. The van der Waals surface area contributed by atoms with Crippen molar-refractivity contribution in [2.24, 2.45) is 5.73 Å². The number of carbonyl (C=O) groups excluding carboxylic acids is 1. The number of rotatable bonds is 4. The van der Waals surface area contributed by atoms with Gasteiger partial charge in [-0.2, -0.15) is 0 Å². The van der Waals surface area contributed by atoms with Gasteiger partial charge >= 0.3 is 0 Å². The van der Waals surface area contributed by atoms with Crippen molar-refractivity contribution in [3.63, 3.8) is 0 Å².